The summed E-state index contributed by atoms with van der Waals surface area (Å²) in [5.41, 5.74) is 0. The Morgan fingerprint density at radius 2 is 2.00 bits per heavy atom. The van der Waals surface area contributed by atoms with Crippen molar-refractivity contribution in [2.75, 3.05) is 13.2 Å². The fourth-order valence-corrected chi connectivity index (χ4v) is 4.39. The summed E-state index contributed by atoms with van der Waals surface area (Å²) < 4.78 is 35.9. The second-order valence-electron chi connectivity index (χ2n) is 5.93. The van der Waals surface area contributed by atoms with Crippen LogP contribution in [0.4, 0.5) is 0 Å². The molecule has 1 fully saturated rings. The summed E-state index contributed by atoms with van der Waals surface area (Å²) in [7, 11) is -3.60. The van der Waals surface area contributed by atoms with E-state index >= 15 is 0 Å². The summed E-state index contributed by atoms with van der Waals surface area (Å²) in [4.78, 5) is 4.71. The van der Waals surface area contributed by atoms with E-state index in [0.717, 1.165) is 25.2 Å². The lowest BCUT2D eigenvalue weighted by Crippen LogP contribution is -2.37. The van der Waals surface area contributed by atoms with E-state index < -0.39 is 10.0 Å². The molecule has 0 radical (unpaired) electrons. The Balaban J connectivity index is 1.93. The lowest BCUT2D eigenvalue weighted by Gasteiger charge is -2.30. The molecule has 130 valence electrons. The van der Waals surface area contributed by atoms with Crippen molar-refractivity contribution in [2.45, 2.75) is 37.2 Å². The first-order valence-electron chi connectivity index (χ1n) is 8.28. The average molecular weight is 349 g/mol. The van der Waals surface area contributed by atoms with Gasteiger partial charge >= 0.3 is 0 Å². The van der Waals surface area contributed by atoms with Crippen molar-refractivity contribution < 1.29 is 13.2 Å². The maximum absolute atomic E-state index is 12.8. The highest BCUT2D eigenvalue weighted by molar-refractivity contribution is 7.89. The zero-order valence-electron chi connectivity index (χ0n) is 13.8. The molecule has 3 rings (SSSR count). The quantitative estimate of drug-likeness (QED) is 0.869. The van der Waals surface area contributed by atoms with E-state index in [9.17, 15) is 8.42 Å². The van der Waals surface area contributed by atoms with Crippen molar-refractivity contribution in [1.82, 2.24) is 14.3 Å². The van der Waals surface area contributed by atoms with Crippen molar-refractivity contribution >= 4 is 10.0 Å². The topological polar surface area (TPSA) is 73.2 Å². The third kappa shape index (κ3) is 3.68. The lowest BCUT2D eigenvalue weighted by atomic mass is 9.92. The summed E-state index contributed by atoms with van der Waals surface area (Å²) in [5, 5.41) is 0. The maximum Gasteiger partial charge on any atom is 0.241 e. The first kappa shape index (κ1) is 17.1. The molecule has 0 bridgehead atoms. The molecule has 0 spiro atoms. The van der Waals surface area contributed by atoms with Gasteiger partial charge in [-0.15, -0.1) is 0 Å². The zero-order chi connectivity index (χ0) is 17.0. The van der Waals surface area contributed by atoms with Crippen LogP contribution in [0.3, 0.4) is 0 Å². The number of nitrogens with one attached hydrogen (secondary N) is 1. The normalized spacial score (nSPS) is 17.7. The Morgan fingerprint density at radius 3 is 2.67 bits per heavy atom. The fourth-order valence-electron chi connectivity index (χ4n) is 3.11. The van der Waals surface area contributed by atoms with Crippen LogP contribution in [0, 0.1) is 5.92 Å². The van der Waals surface area contributed by atoms with Gasteiger partial charge in [0.05, 0.1) is 10.9 Å². The van der Waals surface area contributed by atoms with E-state index in [4.69, 9.17) is 4.74 Å². The molecule has 0 aliphatic carbocycles. The first-order chi connectivity index (χ1) is 11.6. The summed E-state index contributed by atoms with van der Waals surface area (Å²) in [6.45, 7) is 4.09. The highest BCUT2D eigenvalue weighted by Crippen LogP contribution is 2.31. The molecule has 1 aliphatic heterocycles. The van der Waals surface area contributed by atoms with Gasteiger partial charge in [0.1, 0.15) is 5.82 Å². The van der Waals surface area contributed by atoms with E-state index in [-0.39, 0.29) is 16.9 Å². The SMILES string of the molecule is CCn1ccnc1[C@@H](NS(=O)(=O)c1ccccc1)C1CCOCC1. The lowest BCUT2D eigenvalue weighted by molar-refractivity contribution is 0.0550. The molecule has 1 atom stereocenters. The van der Waals surface area contributed by atoms with Crippen molar-refractivity contribution in [2.24, 2.45) is 5.92 Å². The van der Waals surface area contributed by atoms with Crippen molar-refractivity contribution in [3.05, 3.63) is 48.5 Å². The van der Waals surface area contributed by atoms with Gasteiger partial charge in [0.2, 0.25) is 10.0 Å². The highest BCUT2D eigenvalue weighted by Gasteiger charge is 2.32. The summed E-state index contributed by atoms with van der Waals surface area (Å²) in [6, 6.07) is 8.12. The zero-order valence-corrected chi connectivity index (χ0v) is 14.6. The Kier molecular flexibility index (Phi) is 5.33. The Hall–Kier alpha value is -1.70. The summed E-state index contributed by atoms with van der Waals surface area (Å²) in [6.07, 6.45) is 5.25. The molecule has 1 aromatic heterocycles. The molecular weight excluding hydrogens is 326 g/mol. The number of aromatic nitrogens is 2. The molecule has 0 amide bonds. The highest BCUT2D eigenvalue weighted by atomic mass is 32.2. The number of rotatable bonds is 6. The third-order valence-corrected chi connectivity index (χ3v) is 5.90. The predicted octanol–water partition coefficient (Wildman–Crippen LogP) is 2.35. The van der Waals surface area contributed by atoms with Crippen LogP contribution in [0.1, 0.15) is 31.6 Å². The second kappa shape index (κ2) is 7.46. The van der Waals surface area contributed by atoms with E-state index in [0.29, 0.717) is 13.2 Å². The number of sulfonamides is 1. The van der Waals surface area contributed by atoms with Crippen LogP contribution in [0.2, 0.25) is 0 Å². The molecule has 24 heavy (non-hydrogen) atoms. The number of nitrogens with zero attached hydrogens (tertiary/aromatic N) is 2. The molecule has 1 N–H and O–H groups in total. The first-order valence-corrected chi connectivity index (χ1v) is 9.76. The minimum atomic E-state index is -3.60. The van der Waals surface area contributed by atoms with Gasteiger partial charge in [0.15, 0.2) is 0 Å². The second-order valence-corrected chi connectivity index (χ2v) is 7.65. The van der Waals surface area contributed by atoms with Gasteiger partial charge in [0.25, 0.3) is 0 Å². The third-order valence-electron chi connectivity index (χ3n) is 4.44. The number of imidazole rings is 1. The molecule has 0 saturated carbocycles. The monoisotopic (exact) mass is 349 g/mol. The van der Waals surface area contributed by atoms with Crippen LogP contribution < -0.4 is 4.72 Å². The van der Waals surface area contributed by atoms with Gasteiger partial charge in [0, 0.05) is 32.2 Å². The van der Waals surface area contributed by atoms with E-state index in [2.05, 4.69) is 9.71 Å². The van der Waals surface area contributed by atoms with Crippen molar-refractivity contribution in [3.63, 3.8) is 0 Å². The molecule has 6 nitrogen and oxygen atoms in total. The van der Waals surface area contributed by atoms with Gasteiger partial charge in [-0.25, -0.2) is 18.1 Å². The number of aryl methyl sites for hydroxylation is 1. The molecule has 7 heteroatoms. The van der Waals surface area contributed by atoms with Gasteiger partial charge in [-0.05, 0) is 37.8 Å². The molecule has 1 aliphatic rings. The van der Waals surface area contributed by atoms with E-state index in [1.165, 1.54) is 0 Å². The van der Waals surface area contributed by atoms with Crippen molar-refractivity contribution in [1.29, 1.82) is 0 Å². The van der Waals surface area contributed by atoms with E-state index in [1.807, 2.05) is 17.7 Å². The molecule has 2 aromatic rings. The van der Waals surface area contributed by atoms with Gasteiger partial charge in [-0.2, -0.15) is 0 Å². The standard InChI is InChI=1S/C17H23N3O3S/c1-2-20-11-10-18-17(20)16(14-8-12-23-13-9-14)19-24(21,22)15-6-4-3-5-7-15/h3-7,10-11,14,16,19H,2,8-9,12-13H2,1H3/t16-/m0/s1. The van der Waals surface area contributed by atoms with Crippen LogP contribution >= 0.6 is 0 Å². The Labute approximate surface area is 142 Å². The maximum atomic E-state index is 12.8. The minimum Gasteiger partial charge on any atom is -0.381 e. The Morgan fingerprint density at radius 1 is 1.29 bits per heavy atom. The van der Waals surface area contributed by atoms with E-state index in [1.54, 1.807) is 36.5 Å². The van der Waals surface area contributed by atoms with Crippen LogP contribution in [-0.4, -0.2) is 31.2 Å². The van der Waals surface area contributed by atoms with Crippen LogP contribution in [0.15, 0.2) is 47.6 Å². The van der Waals surface area contributed by atoms with Crippen LogP contribution in [0.25, 0.3) is 0 Å². The minimum absolute atomic E-state index is 0.171. The number of hydrogen-bond donors (Lipinski definition) is 1. The average Bonchev–Trinajstić information content (AvgIpc) is 3.10. The number of ether oxygens (including phenoxy) is 1. The molecule has 1 saturated heterocycles. The molecule has 0 unspecified atom stereocenters. The smallest absolute Gasteiger partial charge is 0.241 e. The summed E-state index contributed by atoms with van der Waals surface area (Å²) >= 11 is 0. The molecule has 1 aromatic carbocycles. The Bertz CT molecular complexity index is 752. The van der Waals surface area contributed by atoms with Crippen molar-refractivity contribution in [3.8, 4) is 0 Å². The number of hydrogen-bond acceptors (Lipinski definition) is 4. The van der Waals surface area contributed by atoms with Crippen LogP contribution in [0.5, 0.6) is 0 Å². The molecule has 2 heterocycles. The molecular formula is C17H23N3O3S. The van der Waals surface area contributed by atoms with Crippen LogP contribution in [-0.2, 0) is 21.3 Å². The number of benzene rings is 1. The van der Waals surface area contributed by atoms with Gasteiger partial charge < -0.3 is 9.30 Å². The van der Waals surface area contributed by atoms with Gasteiger partial charge in [-0.3, -0.25) is 0 Å². The fraction of sp³-hybridized carbons (Fsp3) is 0.471. The largest absolute Gasteiger partial charge is 0.381 e. The van der Waals surface area contributed by atoms with Gasteiger partial charge in [-0.1, -0.05) is 18.2 Å². The predicted molar refractivity (Wildman–Crippen MR) is 90.9 cm³/mol. The summed E-state index contributed by atoms with van der Waals surface area (Å²) in [5.74, 6) is 0.939.